The number of hydrogen-bond donors (Lipinski definition) is 0. The van der Waals surface area contributed by atoms with E-state index in [4.69, 9.17) is 9.47 Å². The predicted molar refractivity (Wildman–Crippen MR) is 71.4 cm³/mol. The van der Waals surface area contributed by atoms with Crippen LogP contribution in [-0.2, 0) is 6.42 Å². The number of fused-ring (bicyclic) bond motifs is 3. The van der Waals surface area contributed by atoms with Gasteiger partial charge in [-0.3, -0.25) is 4.90 Å². The summed E-state index contributed by atoms with van der Waals surface area (Å²) in [4.78, 5) is 2.62. The molecule has 3 rings (SSSR count). The second-order valence-corrected chi connectivity index (χ2v) is 5.20. The maximum absolute atomic E-state index is 5.44. The van der Waals surface area contributed by atoms with E-state index in [9.17, 15) is 0 Å². The van der Waals surface area contributed by atoms with Crippen molar-refractivity contribution in [2.24, 2.45) is 0 Å². The lowest BCUT2D eigenvalue weighted by molar-refractivity contribution is 0.138. The number of hydrogen-bond acceptors (Lipinski definition) is 3. The maximum Gasteiger partial charge on any atom is 0.161 e. The van der Waals surface area contributed by atoms with Crippen molar-refractivity contribution in [2.45, 2.75) is 31.7 Å². The second-order valence-electron chi connectivity index (χ2n) is 5.20. The van der Waals surface area contributed by atoms with Gasteiger partial charge in [0.25, 0.3) is 0 Å². The molecule has 0 radical (unpaired) electrons. The Bertz CT molecular complexity index is 444. The Labute approximate surface area is 109 Å². The lowest BCUT2D eigenvalue weighted by Gasteiger charge is -2.40. The van der Waals surface area contributed by atoms with Crippen molar-refractivity contribution in [1.82, 2.24) is 4.90 Å². The van der Waals surface area contributed by atoms with Gasteiger partial charge in [0, 0.05) is 12.6 Å². The third-order valence-corrected chi connectivity index (χ3v) is 4.29. The summed E-state index contributed by atoms with van der Waals surface area (Å²) in [6, 6.07) is 4.96. The summed E-state index contributed by atoms with van der Waals surface area (Å²) in [5.41, 5.74) is 2.90. The summed E-state index contributed by atoms with van der Waals surface area (Å²) in [6.07, 6.45) is 5.10. The number of methoxy groups -OCH3 is 2. The molecule has 18 heavy (non-hydrogen) atoms. The minimum absolute atomic E-state index is 0.599. The molecule has 98 valence electrons. The second kappa shape index (κ2) is 4.81. The smallest absolute Gasteiger partial charge is 0.161 e. The van der Waals surface area contributed by atoms with Crippen LogP contribution in [0.4, 0.5) is 0 Å². The van der Waals surface area contributed by atoms with E-state index < -0.39 is 0 Å². The van der Waals surface area contributed by atoms with E-state index in [0.29, 0.717) is 6.04 Å². The van der Waals surface area contributed by atoms with Crippen LogP contribution in [0.5, 0.6) is 11.5 Å². The number of rotatable bonds is 2. The van der Waals surface area contributed by atoms with E-state index in [0.717, 1.165) is 17.9 Å². The first-order valence-corrected chi connectivity index (χ1v) is 6.82. The molecule has 2 aliphatic heterocycles. The SMILES string of the molecule is COc1cc2c(cc1OC)C1CCCCN1CC2. The third kappa shape index (κ3) is 1.87. The first kappa shape index (κ1) is 11.8. The summed E-state index contributed by atoms with van der Waals surface area (Å²) >= 11 is 0. The van der Waals surface area contributed by atoms with Gasteiger partial charge in [-0.2, -0.15) is 0 Å². The molecule has 3 nitrogen and oxygen atoms in total. The van der Waals surface area contributed by atoms with E-state index in [2.05, 4.69) is 17.0 Å². The number of piperidine rings is 1. The fourth-order valence-corrected chi connectivity index (χ4v) is 3.34. The molecule has 0 N–H and O–H groups in total. The Morgan fingerprint density at radius 3 is 2.61 bits per heavy atom. The van der Waals surface area contributed by atoms with E-state index in [1.807, 2.05) is 0 Å². The zero-order valence-corrected chi connectivity index (χ0v) is 11.2. The highest BCUT2D eigenvalue weighted by Gasteiger charge is 2.30. The molecule has 2 heterocycles. The highest BCUT2D eigenvalue weighted by molar-refractivity contribution is 5.49. The van der Waals surface area contributed by atoms with Crippen LogP contribution in [0.3, 0.4) is 0 Å². The summed E-state index contributed by atoms with van der Waals surface area (Å²) in [7, 11) is 3.42. The Morgan fingerprint density at radius 1 is 1.06 bits per heavy atom. The zero-order chi connectivity index (χ0) is 12.5. The fraction of sp³-hybridized carbons (Fsp3) is 0.600. The third-order valence-electron chi connectivity index (χ3n) is 4.29. The summed E-state index contributed by atoms with van der Waals surface area (Å²) in [5.74, 6) is 1.73. The fourth-order valence-electron chi connectivity index (χ4n) is 3.34. The van der Waals surface area contributed by atoms with E-state index in [1.54, 1.807) is 14.2 Å². The molecule has 0 saturated carbocycles. The average molecular weight is 247 g/mol. The van der Waals surface area contributed by atoms with Gasteiger partial charge in [0.1, 0.15) is 0 Å². The molecular formula is C15H21NO2. The van der Waals surface area contributed by atoms with Crippen LogP contribution < -0.4 is 9.47 Å². The van der Waals surface area contributed by atoms with Crippen molar-refractivity contribution in [3.8, 4) is 11.5 Å². The topological polar surface area (TPSA) is 21.7 Å². The Kier molecular flexibility index (Phi) is 3.16. The predicted octanol–water partition coefficient (Wildman–Crippen LogP) is 2.79. The minimum atomic E-state index is 0.599. The van der Waals surface area contributed by atoms with Crippen molar-refractivity contribution < 1.29 is 9.47 Å². The van der Waals surface area contributed by atoms with Crippen LogP contribution >= 0.6 is 0 Å². The highest BCUT2D eigenvalue weighted by Crippen LogP contribution is 2.41. The molecule has 1 unspecified atom stereocenters. The molecule has 1 fully saturated rings. The zero-order valence-electron chi connectivity index (χ0n) is 11.2. The molecule has 3 heteroatoms. The molecule has 1 aromatic rings. The Hall–Kier alpha value is -1.22. The van der Waals surface area contributed by atoms with Crippen molar-refractivity contribution in [1.29, 1.82) is 0 Å². The first-order chi connectivity index (χ1) is 8.83. The number of ether oxygens (including phenoxy) is 2. The van der Waals surface area contributed by atoms with E-state index in [-0.39, 0.29) is 0 Å². The lowest BCUT2D eigenvalue weighted by Crippen LogP contribution is -2.38. The van der Waals surface area contributed by atoms with Crippen molar-refractivity contribution in [2.75, 3.05) is 27.3 Å². The largest absolute Gasteiger partial charge is 0.493 e. The molecular weight excluding hydrogens is 226 g/mol. The van der Waals surface area contributed by atoms with Gasteiger partial charge in [0.05, 0.1) is 14.2 Å². The average Bonchev–Trinajstić information content (AvgIpc) is 2.45. The first-order valence-electron chi connectivity index (χ1n) is 6.82. The molecule has 0 aliphatic carbocycles. The summed E-state index contributed by atoms with van der Waals surface area (Å²) in [6.45, 7) is 2.44. The van der Waals surface area contributed by atoms with Crippen molar-refractivity contribution >= 4 is 0 Å². The van der Waals surface area contributed by atoms with E-state index >= 15 is 0 Å². The van der Waals surface area contributed by atoms with Gasteiger partial charge in [0.15, 0.2) is 11.5 Å². The number of nitrogens with zero attached hydrogens (tertiary/aromatic N) is 1. The van der Waals surface area contributed by atoms with Crippen LogP contribution in [-0.4, -0.2) is 32.2 Å². The molecule has 0 spiro atoms. The van der Waals surface area contributed by atoms with Gasteiger partial charge in [-0.05, 0) is 49.1 Å². The molecule has 0 amide bonds. The quantitative estimate of drug-likeness (QED) is 0.802. The molecule has 1 aromatic carbocycles. The van der Waals surface area contributed by atoms with Crippen molar-refractivity contribution in [3.05, 3.63) is 23.3 Å². The van der Waals surface area contributed by atoms with Gasteiger partial charge < -0.3 is 9.47 Å². The van der Waals surface area contributed by atoms with Gasteiger partial charge in [-0.15, -0.1) is 0 Å². The summed E-state index contributed by atoms with van der Waals surface area (Å²) in [5, 5.41) is 0. The molecule has 0 bridgehead atoms. The van der Waals surface area contributed by atoms with Crippen LogP contribution in [0, 0.1) is 0 Å². The molecule has 1 saturated heterocycles. The normalized spacial score (nSPS) is 23.1. The van der Waals surface area contributed by atoms with Crippen LogP contribution in [0.25, 0.3) is 0 Å². The number of benzene rings is 1. The van der Waals surface area contributed by atoms with Crippen LogP contribution in [0.2, 0.25) is 0 Å². The van der Waals surface area contributed by atoms with Gasteiger partial charge in [-0.25, -0.2) is 0 Å². The van der Waals surface area contributed by atoms with Gasteiger partial charge >= 0.3 is 0 Å². The van der Waals surface area contributed by atoms with Crippen molar-refractivity contribution in [3.63, 3.8) is 0 Å². The van der Waals surface area contributed by atoms with Gasteiger partial charge in [0.2, 0.25) is 0 Å². The minimum Gasteiger partial charge on any atom is -0.493 e. The highest BCUT2D eigenvalue weighted by atomic mass is 16.5. The maximum atomic E-state index is 5.44. The molecule has 1 atom stereocenters. The van der Waals surface area contributed by atoms with E-state index in [1.165, 1.54) is 43.5 Å². The Balaban J connectivity index is 2.02. The van der Waals surface area contributed by atoms with Crippen LogP contribution in [0.1, 0.15) is 36.4 Å². The standard InChI is InChI=1S/C15H21NO2/c1-17-14-9-11-6-8-16-7-4-3-5-13(16)12(11)10-15(14)18-2/h9-10,13H,3-8H2,1-2H3. The Morgan fingerprint density at radius 2 is 1.83 bits per heavy atom. The van der Waals surface area contributed by atoms with Gasteiger partial charge in [-0.1, -0.05) is 6.42 Å². The lowest BCUT2D eigenvalue weighted by atomic mass is 9.86. The molecule has 0 aromatic heterocycles. The molecule has 2 aliphatic rings. The van der Waals surface area contributed by atoms with Crippen LogP contribution in [0.15, 0.2) is 12.1 Å². The monoisotopic (exact) mass is 247 g/mol. The summed E-state index contributed by atoms with van der Waals surface area (Å²) < 4.78 is 10.8.